The first-order chi connectivity index (χ1) is 6.57. The van der Waals surface area contributed by atoms with Crippen molar-refractivity contribution >= 4 is 5.78 Å². The zero-order chi connectivity index (χ0) is 9.92. The molecule has 0 aromatic rings. The molecule has 3 nitrogen and oxygen atoms in total. The Morgan fingerprint density at radius 1 is 1.36 bits per heavy atom. The van der Waals surface area contributed by atoms with Crippen molar-refractivity contribution in [3.8, 4) is 0 Å². The summed E-state index contributed by atoms with van der Waals surface area (Å²) in [5.41, 5.74) is 0. The fourth-order valence-corrected chi connectivity index (χ4v) is 2.83. The molecular formula is C11H14O3. The molecule has 1 heterocycles. The second-order valence-corrected chi connectivity index (χ2v) is 4.83. The minimum atomic E-state index is -0.516. The molecular weight excluding hydrogens is 180 g/mol. The van der Waals surface area contributed by atoms with Gasteiger partial charge >= 0.3 is 0 Å². The fraction of sp³-hybridized carbons (Fsp3) is 0.727. The Labute approximate surface area is 83.1 Å². The van der Waals surface area contributed by atoms with E-state index in [0.29, 0.717) is 5.92 Å². The lowest BCUT2D eigenvalue weighted by atomic mass is 9.93. The van der Waals surface area contributed by atoms with Gasteiger partial charge in [-0.2, -0.15) is 0 Å². The van der Waals surface area contributed by atoms with Crippen LogP contribution in [0, 0.1) is 11.8 Å². The number of allylic oxidation sites excluding steroid dienone is 1. The predicted octanol–water partition coefficient (Wildman–Crippen LogP) is 1.28. The van der Waals surface area contributed by atoms with E-state index >= 15 is 0 Å². The zero-order valence-electron chi connectivity index (χ0n) is 8.40. The molecule has 0 aromatic heterocycles. The minimum absolute atomic E-state index is 0.0162. The molecule has 14 heavy (non-hydrogen) atoms. The number of rotatable bonds is 0. The smallest absolute Gasteiger partial charge is 0.163 e. The van der Waals surface area contributed by atoms with E-state index in [-0.39, 0.29) is 23.9 Å². The molecule has 0 radical (unpaired) electrons. The van der Waals surface area contributed by atoms with Crippen LogP contribution in [0.1, 0.15) is 20.3 Å². The third kappa shape index (κ3) is 1.03. The van der Waals surface area contributed by atoms with Crippen LogP contribution in [0.5, 0.6) is 0 Å². The van der Waals surface area contributed by atoms with Crippen LogP contribution in [-0.4, -0.2) is 23.8 Å². The summed E-state index contributed by atoms with van der Waals surface area (Å²) in [5, 5.41) is 0. The van der Waals surface area contributed by atoms with Crippen molar-refractivity contribution in [1.82, 2.24) is 0 Å². The summed E-state index contributed by atoms with van der Waals surface area (Å²) in [7, 11) is 0. The molecule has 0 unspecified atom stereocenters. The summed E-state index contributed by atoms with van der Waals surface area (Å²) in [4.78, 5) is 11.6. The van der Waals surface area contributed by atoms with Crippen LogP contribution in [0.3, 0.4) is 0 Å². The molecule has 3 rings (SSSR count). The van der Waals surface area contributed by atoms with Crippen LogP contribution < -0.4 is 0 Å². The summed E-state index contributed by atoms with van der Waals surface area (Å²) in [6.45, 7) is 3.82. The van der Waals surface area contributed by atoms with Gasteiger partial charge in [-0.1, -0.05) is 6.08 Å². The number of carbonyl (C=O) groups excluding carboxylic acids is 1. The summed E-state index contributed by atoms with van der Waals surface area (Å²) >= 11 is 0. The number of fused-ring (bicyclic) bond motifs is 5. The maximum Gasteiger partial charge on any atom is 0.163 e. The number of hydrogen-bond donors (Lipinski definition) is 0. The molecule has 4 atom stereocenters. The van der Waals surface area contributed by atoms with Crippen molar-refractivity contribution in [3.05, 3.63) is 12.2 Å². The van der Waals surface area contributed by atoms with E-state index in [1.165, 1.54) is 0 Å². The van der Waals surface area contributed by atoms with Crippen LogP contribution in [0.15, 0.2) is 12.2 Å². The van der Waals surface area contributed by atoms with Gasteiger partial charge in [-0.3, -0.25) is 4.79 Å². The molecule has 1 saturated carbocycles. The Balaban J connectivity index is 1.95. The van der Waals surface area contributed by atoms with Crippen molar-refractivity contribution in [2.24, 2.45) is 11.8 Å². The number of ether oxygens (including phenoxy) is 2. The van der Waals surface area contributed by atoms with Crippen LogP contribution in [-0.2, 0) is 14.3 Å². The lowest BCUT2D eigenvalue weighted by Crippen LogP contribution is -2.29. The van der Waals surface area contributed by atoms with E-state index in [9.17, 15) is 4.79 Å². The van der Waals surface area contributed by atoms with E-state index in [4.69, 9.17) is 9.47 Å². The molecule has 0 N–H and O–H groups in total. The highest BCUT2D eigenvalue weighted by atomic mass is 16.8. The van der Waals surface area contributed by atoms with Crippen molar-refractivity contribution in [3.63, 3.8) is 0 Å². The Hall–Kier alpha value is -0.670. The van der Waals surface area contributed by atoms with Crippen molar-refractivity contribution in [2.75, 3.05) is 0 Å². The zero-order valence-corrected chi connectivity index (χ0v) is 8.40. The second kappa shape index (κ2) is 2.47. The van der Waals surface area contributed by atoms with Crippen molar-refractivity contribution < 1.29 is 14.3 Å². The Morgan fingerprint density at radius 2 is 2.07 bits per heavy atom. The highest BCUT2D eigenvalue weighted by Gasteiger charge is 2.56. The summed E-state index contributed by atoms with van der Waals surface area (Å²) in [6, 6.07) is 0. The van der Waals surface area contributed by atoms with Crippen LogP contribution in [0.4, 0.5) is 0 Å². The van der Waals surface area contributed by atoms with Gasteiger partial charge in [0.1, 0.15) is 0 Å². The first-order valence-corrected chi connectivity index (χ1v) is 5.14. The van der Waals surface area contributed by atoms with E-state index in [1.54, 1.807) is 6.08 Å². The highest BCUT2D eigenvalue weighted by molar-refractivity contribution is 5.93. The monoisotopic (exact) mass is 194 g/mol. The SMILES string of the molecule is CC1(C)O[C@@H]2[C@H](O1)[C@@H]1C[C@H]2C=CC1=O. The molecule has 0 spiro atoms. The quantitative estimate of drug-likeness (QED) is 0.582. The van der Waals surface area contributed by atoms with Gasteiger partial charge in [0.15, 0.2) is 11.6 Å². The first kappa shape index (κ1) is 8.62. The van der Waals surface area contributed by atoms with E-state index < -0.39 is 5.79 Å². The average Bonchev–Trinajstić information content (AvgIpc) is 2.53. The van der Waals surface area contributed by atoms with Crippen LogP contribution in [0.2, 0.25) is 0 Å². The average molecular weight is 194 g/mol. The molecule has 2 aliphatic carbocycles. The maximum absolute atomic E-state index is 11.6. The van der Waals surface area contributed by atoms with E-state index in [0.717, 1.165) is 6.42 Å². The minimum Gasteiger partial charge on any atom is -0.344 e. The van der Waals surface area contributed by atoms with Gasteiger partial charge in [-0.05, 0) is 26.3 Å². The Morgan fingerprint density at radius 3 is 2.86 bits per heavy atom. The van der Waals surface area contributed by atoms with E-state index in [2.05, 4.69) is 0 Å². The van der Waals surface area contributed by atoms with Gasteiger partial charge in [0, 0.05) is 5.92 Å². The maximum atomic E-state index is 11.6. The normalized spacial score (nSPS) is 48.3. The molecule has 1 aliphatic heterocycles. The van der Waals surface area contributed by atoms with E-state index in [1.807, 2.05) is 19.9 Å². The molecule has 2 bridgehead atoms. The third-order valence-electron chi connectivity index (χ3n) is 3.38. The second-order valence-electron chi connectivity index (χ2n) is 4.83. The van der Waals surface area contributed by atoms with Gasteiger partial charge < -0.3 is 9.47 Å². The van der Waals surface area contributed by atoms with Crippen molar-refractivity contribution in [2.45, 2.75) is 38.3 Å². The first-order valence-electron chi connectivity index (χ1n) is 5.14. The topological polar surface area (TPSA) is 35.5 Å². The molecule has 3 aliphatic rings. The Kier molecular flexibility index (Phi) is 1.52. The van der Waals surface area contributed by atoms with Crippen LogP contribution in [0.25, 0.3) is 0 Å². The Bertz CT molecular complexity index is 318. The summed E-state index contributed by atoms with van der Waals surface area (Å²) in [5.74, 6) is 0.105. The fourth-order valence-electron chi connectivity index (χ4n) is 2.83. The van der Waals surface area contributed by atoms with Crippen LogP contribution >= 0.6 is 0 Å². The van der Waals surface area contributed by atoms with Gasteiger partial charge in [-0.15, -0.1) is 0 Å². The largest absolute Gasteiger partial charge is 0.344 e. The molecule has 0 aromatic carbocycles. The summed E-state index contributed by atoms with van der Waals surface area (Å²) in [6.07, 6.45) is 4.65. The lowest BCUT2D eigenvalue weighted by Gasteiger charge is -2.23. The lowest BCUT2D eigenvalue weighted by molar-refractivity contribution is -0.161. The third-order valence-corrected chi connectivity index (χ3v) is 3.38. The van der Waals surface area contributed by atoms with Crippen molar-refractivity contribution in [1.29, 1.82) is 0 Å². The van der Waals surface area contributed by atoms with Gasteiger partial charge in [0.05, 0.1) is 18.1 Å². The molecule has 76 valence electrons. The van der Waals surface area contributed by atoms with Gasteiger partial charge in [0.25, 0.3) is 0 Å². The molecule has 2 fully saturated rings. The molecule has 0 amide bonds. The number of carbonyl (C=O) groups is 1. The number of hydrogen-bond acceptors (Lipinski definition) is 3. The molecule has 3 heteroatoms. The van der Waals surface area contributed by atoms with Gasteiger partial charge in [-0.25, -0.2) is 0 Å². The molecule has 1 saturated heterocycles. The standard InChI is InChI=1S/C11H14O3/c1-11(2)13-9-6-3-4-8(12)7(5-6)10(9)14-11/h3-4,6-7,9-10H,5H2,1-2H3/t6-,7-,9+,10-/m1/s1. The highest BCUT2D eigenvalue weighted by Crippen LogP contribution is 2.47. The number of ketones is 1. The predicted molar refractivity (Wildman–Crippen MR) is 49.6 cm³/mol. The summed E-state index contributed by atoms with van der Waals surface area (Å²) < 4.78 is 11.6. The van der Waals surface area contributed by atoms with Gasteiger partial charge in [0.2, 0.25) is 0 Å².